The SMILES string of the molecule is O=C(c1ccco1)N1CCN(C(=O)c2ccc(-c3cccs3)[nH]c2=O)CC1. The van der Waals surface area contributed by atoms with Crippen LogP contribution in [0.25, 0.3) is 10.6 Å². The fourth-order valence-corrected chi connectivity index (χ4v) is 3.76. The number of nitrogens with zero attached hydrogens (tertiary/aromatic N) is 2. The van der Waals surface area contributed by atoms with Gasteiger partial charge in [0.05, 0.1) is 16.8 Å². The lowest BCUT2D eigenvalue weighted by Crippen LogP contribution is -2.51. The third-order valence-electron chi connectivity index (χ3n) is 4.51. The van der Waals surface area contributed by atoms with Gasteiger partial charge in [-0.1, -0.05) is 6.07 Å². The van der Waals surface area contributed by atoms with Crippen molar-refractivity contribution in [2.75, 3.05) is 26.2 Å². The standard InChI is InChI=1S/C19H17N3O4S/c23-17-13(5-6-14(20-17)16-4-2-12-27-16)18(24)21-7-9-22(10-8-21)19(25)15-3-1-11-26-15/h1-6,11-12H,7-10H2,(H,20,23). The van der Waals surface area contributed by atoms with Gasteiger partial charge >= 0.3 is 0 Å². The molecule has 3 aromatic rings. The molecule has 0 aromatic carbocycles. The number of rotatable bonds is 3. The van der Waals surface area contributed by atoms with Gasteiger partial charge in [-0.2, -0.15) is 0 Å². The van der Waals surface area contributed by atoms with Crippen LogP contribution in [-0.2, 0) is 0 Å². The lowest BCUT2D eigenvalue weighted by Gasteiger charge is -2.34. The van der Waals surface area contributed by atoms with Crippen LogP contribution in [-0.4, -0.2) is 52.8 Å². The number of H-pyrrole nitrogens is 1. The molecule has 3 aromatic heterocycles. The number of aromatic amines is 1. The summed E-state index contributed by atoms with van der Waals surface area (Å²) in [5.41, 5.74) is 0.404. The van der Waals surface area contributed by atoms with Crippen LogP contribution in [0.15, 0.2) is 57.3 Å². The van der Waals surface area contributed by atoms with E-state index < -0.39 is 5.56 Å². The van der Waals surface area contributed by atoms with Crippen molar-refractivity contribution in [2.24, 2.45) is 0 Å². The van der Waals surface area contributed by atoms with Crippen molar-refractivity contribution in [3.8, 4) is 10.6 Å². The number of pyridine rings is 1. The number of hydrogen-bond acceptors (Lipinski definition) is 5. The number of aromatic nitrogens is 1. The van der Waals surface area contributed by atoms with Crippen LogP contribution >= 0.6 is 11.3 Å². The number of hydrogen-bond donors (Lipinski definition) is 1. The van der Waals surface area contributed by atoms with E-state index in [1.807, 2.05) is 17.5 Å². The summed E-state index contributed by atoms with van der Waals surface area (Å²) in [6.07, 6.45) is 1.46. The van der Waals surface area contributed by atoms with Crippen molar-refractivity contribution >= 4 is 23.2 Å². The Morgan fingerprint density at radius 1 is 0.963 bits per heavy atom. The smallest absolute Gasteiger partial charge is 0.289 e. The van der Waals surface area contributed by atoms with E-state index in [0.29, 0.717) is 31.9 Å². The number of piperazine rings is 1. The molecule has 1 N–H and O–H groups in total. The molecule has 0 atom stereocenters. The summed E-state index contributed by atoms with van der Waals surface area (Å²) in [4.78, 5) is 44.3. The topological polar surface area (TPSA) is 86.6 Å². The molecule has 0 spiro atoms. The van der Waals surface area contributed by atoms with Gasteiger partial charge in [0.2, 0.25) is 0 Å². The van der Waals surface area contributed by atoms with Crippen molar-refractivity contribution in [1.82, 2.24) is 14.8 Å². The van der Waals surface area contributed by atoms with Crippen LogP contribution in [0.4, 0.5) is 0 Å². The molecule has 0 bridgehead atoms. The van der Waals surface area contributed by atoms with Crippen LogP contribution in [0.5, 0.6) is 0 Å². The largest absolute Gasteiger partial charge is 0.459 e. The summed E-state index contributed by atoms with van der Waals surface area (Å²) in [6, 6.07) is 10.4. The summed E-state index contributed by atoms with van der Waals surface area (Å²) in [6.45, 7) is 1.54. The molecule has 1 saturated heterocycles. The highest BCUT2D eigenvalue weighted by Crippen LogP contribution is 2.21. The zero-order chi connectivity index (χ0) is 18.8. The first kappa shape index (κ1) is 17.3. The molecule has 7 nitrogen and oxygen atoms in total. The Labute approximate surface area is 158 Å². The number of amides is 2. The fourth-order valence-electron chi connectivity index (χ4n) is 3.06. The highest BCUT2D eigenvalue weighted by Gasteiger charge is 2.27. The molecule has 8 heteroatoms. The predicted molar refractivity (Wildman–Crippen MR) is 101 cm³/mol. The van der Waals surface area contributed by atoms with Gasteiger partial charge < -0.3 is 19.2 Å². The molecule has 0 unspecified atom stereocenters. The highest BCUT2D eigenvalue weighted by molar-refractivity contribution is 7.13. The zero-order valence-corrected chi connectivity index (χ0v) is 15.2. The van der Waals surface area contributed by atoms with E-state index in [0.717, 1.165) is 4.88 Å². The van der Waals surface area contributed by atoms with Gasteiger partial charge in [0, 0.05) is 26.2 Å². The molecule has 0 radical (unpaired) electrons. The van der Waals surface area contributed by atoms with E-state index in [-0.39, 0.29) is 23.1 Å². The molecule has 1 fully saturated rings. The monoisotopic (exact) mass is 383 g/mol. The maximum absolute atomic E-state index is 12.7. The Hall–Kier alpha value is -3.13. The van der Waals surface area contributed by atoms with Gasteiger partial charge in [0.1, 0.15) is 5.56 Å². The van der Waals surface area contributed by atoms with Gasteiger partial charge in [-0.3, -0.25) is 14.4 Å². The van der Waals surface area contributed by atoms with Crippen LogP contribution in [0.1, 0.15) is 20.9 Å². The molecular weight excluding hydrogens is 366 g/mol. The van der Waals surface area contributed by atoms with Crippen molar-refractivity contribution in [1.29, 1.82) is 0 Å². The third-order valence-corrected chi connectivity index (χ3v) is 5.42. The maximum Gasteiger partial charge on any atom is 0.289 e. The Morgan fingerprint density at radius 2 is 1.70 bits per heavy atom. The number of thiophene rings is 1. The average Bonchev–Trinajstić information content (AvgIpc) is 3.41. The molecule has 4 heterocycles. The first-order valence-electron chi connectivity index (χ1n) is 8.53. The first-order valence-corrected chi connectivity index (χ1v) is 9.41. The van der Waals surface area contributed by atoms with Gasteiger partial charge in [0.15, 0.2) is 5.76 Å². The number of nitrogens with one attached hydrogen (secondary N) is 1. The minimum Gasteiger partial charge on any atom is -0.459 e. The lowest BCUT2D eigenvalue weighted by atomic mass is 10.2. The molecule has 1 aliphatic heterocycles. The molecule has 2 amide bonds. The van der Waals surface area contributed by atoms with E-state index in [4.69, 9.17) is 4.42 Å². The molecule has 1 aliphatic rings. The summed E-state index contributed by atoms with van der Waals surface area (Å²) in [7, 11) is 0. The Morgan fingerprint density at radius 3 is 2.30 bits per heavy atom. The van der Waals surface area contributed by atoms with Crippen molar-refractivity contribution in [3.63, 3.8) is 0 Å². The van der Waals surface area contributed by atoms with E-state index in [2.05, 4.69) is 4.98 Å². The minimum absolute atomic E-state index is 0.112. The van der Waals surface area contributed by atoms with Gasteiger partial charge in [-0.05, 0) is 35.7 Å². The van der Waals surface area contributed by atoms with Crippen LogP contribution in [0, 0.1) is 0 Å². The predicted octanol–water partition coefficient (Wildman–Crippen LogP) is 2.29. The van der Waals surface area contributed by atoms with Crippen molar-refractivity contribution in [2.45, 2.75) is 0 Å². The Bertz CT molecular complexity index is 1000. The second kappa shape index (κ2) is 7.24. The quantitative estimate of drug-likeness (QED) is 0.752. The zero-order valence-electron chi connectivity index (χ0n) is 14.4. The number of furan rings is 1. The van der Waals surface area contributed by atoms with Gasteiger partial charge in [-0.25, -0.2) is 0 Å². The summed E-state index contributed by atoms with van der Waals surface area (Å²) in [5, 5.41) is 1.93. The second-order valence-corrected chi connectivity index (χ2v) is 7.10. The summed E-state index contributed by atoms with van der Waals surface area (Å²) >= 11 is 1.52. The van der Waals surface area contributed by atoms with Crippen LogP contribution in [0.3, 0.4) is 0 Å². The second-order valence-electron chi connectivity index (χ2n) is 6.15. The maximum atomic E-state index is 12.7. The fraction of sp³-hybridized carbons (Fsp3) is 0.211. The minimum atomic E-state index is -0.403. The van der Waals surface area contributed by atoms with E-state index in [1.165, 1.54) is 17.6 Å². The normalized spacial score (nSPS) is 14.4. The van der Waals surface area contributed by atoms with Crippen LogP contribution < -0.4 is 5.56 Å². The average molecular weight is 383 g/mol. The van der Waals surface area contributed by atoms with E-state index >= 15 is 0 Å². The lowest BCUT2D eigenvalue weighted by molar-refractivity contribution is 0.0517. The molecule has 4 rings (SSSR count). The molecule has 27 heavy (non-hydrogen) atoms. The third kappa shape index (κ3) is 3.43. The van der Waals surface area contributed by atoms with Gasteiger partial charge in [0.25, 0.3) is 17.4 Å². The molecule has 0 saturated carbocycles. The van der Waals surface area contributed by atoms with E-state index in [1.54, 1.807) is 34.1 Å². The molecular formula is C19H17N3O4S. The summed E-state index contributed by atoms with van der Waals surface area (Å²) < 4.78 is 5.13. The number of carbonyl (C=O) groups excluding carboxylic acids is 2. The molecule has 0 aliphatic carbocycles. The van der Waals surface area contributed by atoms with E-state index in [9.17, 15) is 14.4 Å². The van der Waals surface area contributed by atoms with Gasteiger partial charge in [-0.15, -0.1) is 11.3 Å². The van der Waals surface area contributed by atoms with Crippen LogP contribution in [0.2, 0.25) is 0 Å². The summed E-state index contributed by atoms with van der Waals surface area (Å²) in [5.74, 6) is -0.222. The highest BCUT2D eigenvalue weighted by atomic mass is 32.1. The van der Waals surface area contributed by atoms with Crippen molar-refractivity contribution in [3.05, 3.63) is 69.7 Å². The Balaban J connectivity index is 1.44. The Kier molecular flexibility index (Phi) is 4.64. The first-order chi connectivity index (χ1) is 13.1. The van der Waals surface area contributed by atoms with Crippen molar-refractivity contribution < 1.29 is 14.0 Å². The molecule has 138 valence electrons. The number of carbonyl (C=O) groups is 2.